The molecule has 0 amide bonds. The minimum Gasteiger partial charge on any atom is -0.311 e. The number of para-hydroxylation sites is 4. The number of anilines is 6. The van der Waals surface area contributed by atoms with E-state index in [-0.39, 0.29) is 0 Å². The van der Waals surface area contributed by atoms with Gasteiger partial charge in [0.15, 0.2) is 17.5 Å². The van der Waals surface area contributed by atoms with Gasteiger partial charge in [-0.15, -0.1) is 0 Å². The molecule has 10 rings (SSSR count). The molecular weight excluding hydrogens is 755 g/mol. The van der Waals surface area contributed by atoms with Crippen molar-refractivity contribution in [1.29, 1.82) is 0 Å². The van der Waals surface area contributed by atoms with Crippen molar-refractivity contribution in [3.05, 3.63) is 249 Å². The lowest BCUT2D eigenvalue weighted by atomic mass is 9.95. The second kappa shape index (κ2) is 17.4. The van der Waals surface area contributed by atoms with Gasteiger partial charge >= 0.3 is 0 Å². The summed E-state index contributed by atoms with van der Waals surface area (Å²) >= 11 is 0. The Morgan fingerprint density at radius 2 is 0.435 bits per heavy atom. The molecule has 0 saturated carbocycles. The van der Waals surface area contributed by atoms with E-state index in [2.05, 4.69) is 198 Å². The van der Waals surface area contributed by atoms with Crippen molar-refractivity contribution < 1.29 is 0 Å². The van der Waals surface area contributed by atoms with Crippen LogP contribution < -0.4 is 9.80 Å². The van der Waals surface area contributed by atoms with Gasteiger partial charge in [-0.1, -0.05) is 158 Å². The molecule has 9 aromatic carbocycles. The molecule has 0 unspecified atom stereocenters. The van der Waals surface area contributed by atoms with Crippen LogP contribution in [0.5, 0.6) is 0 Å². The Morgan fingerprint density at radius 1 is 0.194 bits per heavy atom. The van der Waals surface area contributed by atoms with Gasteiger partial charge in [0.25, 0.3) is 0 Å². The first-order valence-electron chi connectivity index (χ1n) is 20.8. The first-order valence-corrected chi connectivity index (χ1v) is 20.8. The molecule has 5 heteroatoms. The summed E-state index contributed by atoms with van der Waals surface area (Å²) in [5, 5.41) is 0. The van der Waals surface area contributed by atoms with E-state index >= 15 is 0 Å². The number of benzene rings is 9. The van der Waals surface area contributed by atoms with Crippen molar-refractivity contribution >= 4 is 34.1 Å². The van der Waals surface area contributed by atoms with E-state index in [1.165, 1.54) is 0 Å². The molecule has 1 aromatic heterocycles. The van der Waals surface area contributed by atoms with E-state index in [1.54, 1.807) is 0 Å². The van der Waals surface area contributed by atoms with E-state index in [0.717, 1.165) is 73.1 Å². The summed E-state index contributed by atoms with van der Waals surface area (Å²) in [6.07, 6.45) is 0. The summed E-state index contributed by atoms with van der Waals surface area (Å²) in [7, 11) is 0. The fraction of sp³-hybridized carbons (Fsp3) is 0. The van der Waals surface area contributed by atoms with Gasteiger partial charge in [-0.2, -0.15) is 0 Å². The summed E-state index contributed by atoms with van der Waals surface area (Å²) in [6, 6.07) is 86.5. The predicted molar refractivity (Wildman–Crippen MR) is 256 cm³/mol. The van der Waals surface area contributed by atoms with Crippen LogP contribution in [-0.2, 0) is 0 Å². The van der Waals surface area contributed by atoms with Crippen LogP contribution in [0, 0.1) is 0 Å². The molecule has 10 aromatic rings. The smallest absolute Gasteiger partial charge is 0.164 e. The second-order valence-corrected chi connectivity index (χ2v) is 14.9. The van der Waals surface area contributed by atoms with Crippen molar-refractivity contribution in [1.82, 2.24) is 15.0 Å². The Kier molecular flexibility index (Phi) is 10.6. The van der Waals surface area contributed by atoms with Gasteiger partial charge in [-0.05, 0) is 113 Å². The van der Waals surface area contributed by atoms with E-state index in [0.29, 0.717) is 17.5 Å². The molecular formula is C57H41N5. The summed E-state index contributed by atoms with van der Waals surface area (Å²) in [6.45, 7) is 0. The minimum absolute atomic E-state index is 0.604. The highest BCUT2D eigenvalue weighted by molar-refractivity contribution is 5.84. The lowest BCUT2D eigenvalue weighted by molar-refractivity contribution is 1.07. The van der Waals surface area contributed by atoms with Crippen molar-refractivity contribution in [3.8, 4) is 56.4 Å². The monoisotopic (exact) mass is 795 g/mol. The number of nitrogens with zero attached hydrogens (tertiary/aromatic N) is 5. The number of hydrogen-bond donors (Lipinski definition) is 0. The molecule has 294 valence electrons. The first-order chi connectivity index (χ1) is 30.7. The Morgan fingerprint density at radius 3 is 0.742 bits per heavy atom. The van der Waals surface area contributed by atoms with Gasteiger partial charge in [0, 0.05) is 50.8 Å². The zero-order valence-electron chi connectivity index (χ0n) is 33.9. The molecule has 0 aliphatic carbocycles. The fourth-order valence-corrected chi connectivity index (χ4v) is 7.84. The lowest BCUT2D eigenvalue weighted by Crippen LogP contribution is -2.09. The summed E-state index contributed by atoms with van der Waals surface area (Å²) in [5.74, 6) is 1.85. The quantitative estimate of drug-likeness (QED) is 0.130. The van der Waals surface area contributed by atoms with Crippen molar-refractivity contribution in [2.24, 2.45) is 0 Å². The predicted octanol–water partition coefficient (Wildman–Crippen LogP) is 15.1. The highest BCUT2D eigenvalue weighted by Crippen LogP contribution is 2.39. The van der Waals surface area contributed by atoms with Crippen molar-refractivity contribution in [2.45, 2.75) is 0 Å². The van der Waals surface area contributed by atoms with Crippen LogP contribution in [0.1, 0.15) is 0 Å². The van der Waals surface area contributed by atoms with E-state index in [9.17, 15) is 0 Å². The normalized spacial score (nSPS) is 10.9. The van der Waals surface area contributed by atoms with Crippen LogP contribution in [0.3, 0.4) is 0 Å². The summed E-state index contributed by atoms with van der Waals surface area (Å²) in [4.78, 5) is 19.8. The molecule has 62 heavy (non-hydrogen) atoms. The van der Waals surface area contributed by atoms with Crippen LogP contribution in [0.4, 0.5) is 34.1 Å². The number of hydrogen-bond acceptors (Lipinski definition) is 5. The maximum atomic E-state index is 5.14. The van der Waals surface area contributed by atoms with Crippen molar-refractivity contribution in [3.63, 3.8) is 0 Å². The molecule has 0 aliphatic rings. The highest BCUT2D eigenvalue weighted by atomic mass is 15.1. The second-order valence-electron chi connectivity index (χ2n) is 14.9. The molecule has 0 radical (unpaired) electrons. The van der Waals surface area contributed by atoms with Gasteiger partial charge in [0.05, 0.1) is 0 Å². The van der Waals surface area contributed by atoms with Crippen LogP contribution in [0.15, 0.2) is 249 Å². The average molecular weight is 796 g/mol. The zero-order chi connectivity index (χ0) is 41.5. The van der Waals surface area contributed by atoms with Gasteiger partial charge < -0.3 is 9.80 Å². The zero-order valence-corrected chi connectivity index (χ0v) is 33.9. The maximum absolute atomic E-state index is 5.14. The summed E-state index contributed by atoms with van der Waals surface area (Å²) < 4.78 is 0. The van der Waals surface area contributed by atoms with Gasteiger partial charge in [0.1, 0.15) is 0 Å². The summed E-state index contributed by atoms with van der Waals surface area (Å²) in [5.41, 5.74) is 13.5. The van der Waals surface area contributed by atoms with Crippen LogP contribution in [-0.4, -0.2) is 15.0 Å². The Hall–Kier alpha value is -8.41. The third kappa shape index (κ3) is 8.11. The minimum atomic E-state index is 0.604. The number of aromatic nitrogens is 3. The molecule has 0 N–H and O–H groups in total. The van der Waals surface area contributed by atoms with Gasteiger partial charge in [-0.3, -0.25) is 0 Å². The van der Waals surface area contributed by atoms with Crippen molar-refractivity contribution in [2.75, 3.05) is 9.80 Å². The Balaban J connectivity index is 1.11. The highest BCUT2D eigenvalue weighted by Gasteiger charge is 2.17. The first kappa shape index (κ1) is 37.8. The third-order valence-corrected chi connectivity index (χ3v) is 10.9. The molecule has 0 saturated heterocycles. The standard InChI is InChI=1S/C57H41N5/c1-7-19-44(20-8-1)55-58-56(45-21-9-2-10-22-45)60-57(59-55)48-40-46(42-31-35-53(36-32-42)61(49-23-11-3-12-24-49)50-25-13-4-14-26-50)39-47(41-48)43-33-37-54(38-34-43)62(51-27-15-5-16-28-51)52-29-17-6-18-30-52/h1-41H. The van der Waals surface area contributed by atoms with Gasteiger partial charge in [0.2, 0.25) is 0 Å². The Labute approximate surface area is 362 Å². The average Bonchev–Trinajstić information content (AvgIpc) is 3.36. The topological polar surface area (TPSA) is 45.2 Å². The fourth-order valence-electron chi connectivity index (χ4n) is 7.84. The van der Waals surface area contributed by atoms with E-state index < -0.39 is 0 Å². The van der Waals surface area contributed by atoms with Crippen LogP contribution in [0.2, 0.25) is 0 Å². The number of rotatable bonds is 11. The maximum Gasteiger partial charge on any atom is 0.164 e. The molecule has 5 nitrogen and oxygen atoms in total. The lowest BCUT2D eigenvalue weighted by Gasteiger charge is -2.25. The Bertz CT molecular complexity index is 2740. The molecule has 0 aliphatic heterocycles. The largest absolute Gasteiger partial charge is 0.311 e. The van der Waals surface area contributed by atoms with Crippen LogP contribution >= 0.6 is 0 Å². The van der Waals surface area contributed by atoms with E-state index in [1.807, 2.05) is 60.7 Å². The van der Waals surface area contributed by atoms with Crippen LogP contribution in [0.25, 0.3) is 56.4 Å². The third-order valence-electron chi connectivity index (χ3n) is 10.9. The molecule has 0 bridgehead atoms. The van der Waals surface area contributed by atoms with Gasteiger partial charge in [-0.25, -0.2) is 15.0 Å². The van der Waals surface area contributed by atoms with E-state index in [4.69, 9.17) is 15.0 Å². The molecule has 0 fully saturated rings. The molecule has 1 heterocycles. The molecule has 0 spiro atoms. The molecule has 0 atom stereocenters. The SMILES string of the molecule is c1ccc(-c2nc(-c3ccccc3)nc(-c3cc(-c4ccc(N(c5ccccc5)c5ccccc5)cc4)cc(-c4ccc(N(c5ccccc5)c5ccccc5)cc4)c3)n2)cc1.